The Hall–Kier alpha value is -1.69. The number of halogens is 1. The fraction of sp³-hybridized carbons (Fsp3) is 0.625. The lowest BCUT2D eigenvalue weighted by atomic mass is 10.1. The number of aryl methyl sites for hydroxylation is 2. The van der Waals surface area contributed by atoms with Gasteiger partial charge in [0.2, 0.25) is 0 Å². The summed E-state index contributed by atoms with van der Waals surface area (Å²) >= 11 is 5.77. The first kappa shape index (κ1) is 17.7. The summed E-state index contributed by atoms with van der Waals surface area (Å²) in [6, 6.07) is 0. The molecule has 128 valence electrons. The van der Waals surface area contributed by atoms with Crippen molar-refractivity contribution < 1.29 is 5.11 Å². The predicted octanol–water partition coefficient (Wildman–Crippen LogP) is 2.87. The van der Waals surface area contributed by atoms with Crippen molar-refractivity contribution in [3.05, 3.63) is 15.9 Å². The lowest BCUT2D eigenvalue weighted by Crippen LogP contribution is -2.22. The van der Waals surface area contributed by atoms with E-state index in [0.29, 0.717) is 47.7 Å². The second-order valence-electron chi connectivity index (χ2n) is 5.74. The van der Waals surface area contributed by atoms with E-state index >= 15 is 0 Å². The molecule has 6 nitrogen and oxygen atoms in total. The Kier molecular flexibility index (Phi) is 5.93. The molecular weight excluding hydrogens is 316 g/mol. The molecule has 0 amide bonds. The van der Waals surface area contributed by atoms with Crippen LogP contribution >= 0.6 is 11.6 Å². The van der Waals surface area contributed by atoms with Crippen LogP contribution in [-0.2, 0) is 19.5 Å². The van der Waals surface area contributed by atoms with Crippen LogP contribution in [0.3, 0.4) is 0 Å². The van der Waals surface area contributed by atoms with E-state index in [1.165, 1.54) is 4.57 Å². The highest BCUT2D eigenvalue weighted by Crippen LogP contribution is 2.28. The molecule has 3 N–H and O–H groups in total. The average molecular weight is 341 g/mol. The molecule has 23 heavy (non-hydrogen) atoms. The normalized spacial score (nSPS) is 11.4. The van der Waals surface area contributed by atoms with Crippen molar-refractivity contribution in [1.82, 2.24) is 14.3 Å². The van der Waals surface area contributed by atoms with Crippen LogP contribution in [0.1, 0.15) is 45.1 Å². The minimum absolute atomic E-state index is 0.0241. The number of hydrogen-bond acceptors (Lipinski definition) is 4. The molecule has 0 aliphatic carbocycles. The summed E-state index contributed by atoms with van der Waals surface area (Å²) in [5.74, 6) is 0.709. The Labute approximate surface area is 140 Å². The number of pyridine rings is 1. The van der Waals surface area contributed by atoms with Crippen molar-refractivity contribution in [3.8, 4) is 5.88 Å². The van der Waals surface area contributed by atoms with Crippen LogP contribution in [0.25, 0.3) is 10.9 Å². The number of fused-ring (bicyclic) bond motifs is 1. The summed E-state index contributed by atoms with van der Waals surface area (Å²) in [4.78, 5) is 12.8. The third-order valence-electron chi connectivity index (χ3n) is 4.04. The fourth-order valence-corrected chi connectivity index (χ4v) is 3.02. The Morgan fingerprint density at radius 1 is 1.22 bits per heavy atom. The summed E-state index contributed by atoms with van der Waals surface area (Å²) in [6.45, 7) is 5.05. The molecule has 7 heteroatoms. The number of aromatic nitrogens is 3. The van der Waals surface area contributed by atoms with Gasteiger partial charge in [-0.1, -0.05) is 33.1 Å². The molecule has 2 heterocycles. The molecule has 0 saturated carbocycles. The average Bonchev–Trinajstić information content (AvgIpc) is 2.85. The summed E-state index contributed by atoms with van der Waals surface area (Å²) < 4.78 is 2.99. The zero-order chi connectivity index (χ0) is 17.0. The largest absolute Gasteiger partial charge is 0.494 e. The lowest BCUT2D eigenvalue weighted by Gasteiger charge is -2.12. The highest BCUT2D eigenvalue weighted by Gasteiger charge is 2.21. The molecule has 0 aliphatic rings. The Balaban J connectivity index is 2.67. The minimum Gasteiger partial charge on any atom is -0.494 e. The predicted molar refractivity (Wildman–Crippen MR) is 94.3 cm³/mol. The highest BCUT2D eigenvalue weighted by molar-refractivity contribution is 6.17. The molecule has 2 aromatic heterocycles. The van der Waals surface area contributed by atoms with E-state index in [0.717, 1.165) is 25.7 Å². The first-order valence-electron chi connectivity index (χ1n) is 8.23. The lowest BCUT2D eigenvalue weighted by molar-refractivity contribution is 0.395. The molecular formula is C16H25ClN4O2. The van der Waals surface area contributed by atoms with Gasteiger partial charge in [-0.15, -0.1) is 11.6 Å². The quantitative estimate of drug-likeness (QED) is 0.571. The molecule has 0 unspecified atom stereocenters. The molecule has 2 aromatic rings. The molecule has 2 rings (SSSR count). The van der Waals surface area contributed by atoms with E-state index in [2.05, 4.69) is 12.0 Å². The van der Waals surface area contributed by atoms with Crippen molar-refractivity contribution in [2.75, 3.05) is 11.6 Å². The number of alkyl halides is 1. The second-order valence-corrected chi connectivity index (χ2v) is 6.11. The van der Waals surface area contributed by atoms with Crippen molar-refractivity contribution in [2.45, 2.75) is 59.0 Å². The third kappa shape index (κ3) is 3.32. The smallest absolute Gasteiger partial charge is 0.266 e. The number of nitrogen functional groups attached to an aromatic ring is 1. The van der Waals surface area contributed by atoms with Crippen LogP contribution in [0.2, 0.25) is 0 Å². The summed E-state index contributed by atoms with van der Waals surface area (Å²) in [5.41, 5.74) is 7.04. The maximum atomic E-state index is 12.8. The van der Waals surface area contributed by atoms with Crippen LogP contribution in [0.5, 0.6) is 5.88 Å². The van der Waals surface area contributed by atoms with Crippen LogP contribution in [-0.4, -0.2) is 25.3 Å². The highest BCUT2D eigenvalue weighted by atomic mass is 35.5. The van der Waals surface area contributed by atoms with E-state index in [-0.39, 0.29) is 11.4 Å². The Bertz CT molecular complexity index is 736. The van der Waals surface area contributed by atoms with E-state index in [1.807, 2.05) is 6.92 Å². The number of rotatable bonds is 8. The zero-order valence-corrected chi connectivity index (χ0v) is 14.6. The second kappa shape index (κ2) is 7.73. The van der Waals surface area contributed by atoms with Crippen molar-refractivity contribution in [1.29, 1.82) is 0 Å². The molecule has 0 aliphatic heterocycles. The van der Waals surface area contributed by atoms with Gasteiger partial charge in [0.25, 0.3) is 5.56 Å². The SMILES string of the molecule is CCCCCn1c(O)c(CCC)c2nn(CCCl)c(N)c2c1=O. The number of hydrogen-bond donors (Lipinski definition) is 2. The monoisotopic (exact) mass is 340 g/mol. The van der Waals surface area contributed by atoms with Crippen LogP contribution < -0.4 is 11.3 Å². The van der Waals surface area contributed by atoms with Crippen LogP contribution in [0, 0.1) is 0 Å². The van der Waals surface area contributed by atoms with Gasteiger partial charge in [0.1, 0.15) is 16.7 Å². The van der Waals surface area contributed by atoms with Gasteiger partial charge in [0.15, 0.2) is 5.88 Å². The van der Waals surface area contributed by atoms with E-state index < -0.39 is 0 Å². The fourth-order valence-electron chi connectivity index (χ4n) is 2.86. The number of anilines is 1. The molecule has 0 spiro atoms. The zero-order valence-electron chi connectivity index (χ0n) is 13.8. The number of nitrogens with zero attached hydrogens (tertiary/aromatic N) is 3. The van der Waals surface area contributed by atoms with Gasteiger partial charge in [-0.3, -0.25) is 9.36 Å². The first-order chi connectivity index (χ1) is 11.1. The van der Waals surface area contributed by atoms with Gasteiger partial charge in [-0.2, -0.15) is 5.10 Å². The van der Waals surface area contributed by atoms with E-state index in [4.69, 9.17) is 17.3 Å². The number of nitrogens with two attached hydrogens (primary N) is 1. The van der Waals surface area contributed by atoms with Crippen molar-refractivity contribution in [3.63, 3.8) is 0 Å². The molecule has 0 saturated heterocycles. The van der Waals surface area contributed by atoms with Gasteiger partial charge in [0, 0.05) is 18.0 Å². The molecule has 0 fully saturated rings. The summed E-state index contributed by atoms with van der Waals surface area (Å²) in [7, 11) is 0. The maximum Gasteiger partial charge on any atom is 0.266 e. The topological polar surface area (TPSA) is 86.1 Å². The summed E-state index contributed by atoms with van der Waals surface area (Å²) in [5, 5.41) is 15.4. The van der Waals surface area contributed by atoms with Gasteiger partial charge < -0.3 is 10.8 Å². The van der Waals surface area contributed by atoms with Gasteiger partial charge >= 0.3 is 0 Å². The molecule has 0 radical (unpaired) electrons. The van der Waals surface area contributed by atoms with Crippen LogP contribution in [0.4, 0.5) is 5.82 Å². The van der Waals surface area contributed by atoms with E-state index in [1.54, 1.807) is 4.68 Å². The van der Waals surface area contributed by atoms with Crippen molar-refractivity contribution >= 4 is 28.3 Å². The van der Waals surface area contributed by atoms with Gasteiger partial charge in [-0.25, -0.2) is 4.68 Å². The van der Waals surface area contributed by atoms with E-state index in [9.17, 15) is 9.90 Å². The van der Waals surface area contributed by atoms with Crippen LogP contribution in [0.15, 0.2) is 4.79 Å². The third-order valence-corrected chi connectivity index (χ3v) is 4.21. The number of unbranched alkanes of at least 4 members (excludes halogenated alkanes) is 2. The standard InChI is InChI=1S/C16H25ClN4O2/c1-3-5-6-9-20-15(22)11(7-4-2)13-12(16(20)23)14(18)21(19-13)10-8-17/h22H,3-10,18H2,1-2H3. The molecule has 0 atom stereocenters. The first-order valence-corrected chi connectivity index (χ1v) is 8.76. The molecule has 0 aromatic carbocycles. The van der Waals surface area contributed by atoms with Gasteiger partial charge in [-0.05, 0) is 12.8 Å². The Morgan fingerprint density at radius 3 is 2.57 bits per heavy atom. The molecule has 0 bridgehead atoms. The minimum atomic E-state index is -0.272. The van der Waals surface area contributed by atoms with Crippen molar-refractivity contribution in [2.24, 2.45) is 0 Å². The summed E-state index contributed by atoms with van der Waals surface area (Å²) in [6.07, 6.45) is 4.39. The number of aromatic hydroxyl groups is 1. The maximum absolute atomic E-state index is 12.8. The van der Waals surface area contributed by atoms with Gasteiger partial charge in [0.05, 0.1) is 6.54 Å². The Morgan fingerprint density at radius 2 is 1.96 bits per heavy atom.